The molecule has 0 aliphatic carbocycles. The van der Waals surface area contributed by atoms with Gasteiger partial charge in [0.1, 0.15) is 12.1 Å². The van der Waals surface area contributed by atoms with Gasteiger partial charge in [-0.15, -0.1) is 0 Å². The highest BCUT2D eigenvalue weighted by Crippen LogP contribution is 2.31. The fourth-order valence-electron chi connectivity index (χ4n) is 3.36. The number of hydrazone groups is 1. The zero-order chi connectivity index (χ0) is 23.6. The number of nitrogens with one attached hydrogen (secondary N) is 1. The lowest BCUT2D eigenvalue weighted by Gasteiger charge is -2.06. The average molecular weight is 465 g/mol. The largest absolute Gasteiger partial charge is 0.497 e. The Balaban J connectivity index is 1.70. The van der Waals surface area contributed by atoms with Gasteiger partial charge in [0, 0.05) is 12.3 Å². The van der Waals surface area contributed by atoms with E-state index in [1.54, 1.807) is 42.3 Å². The van der Waals surface area contributed by atoms with Crippen LogP contribution in [0.15, 0.2) is 64.9 Å². The van der Waals surface area contributed by atoms with Crippen molar-refractivity contribution in [3.05, 3.63) is 66.1 Å². The van der Waals surface area contributed by atoms with Gasteiger partial charge in [0.05, 0.1) is 35.0 Å². The number of hydrogen-bond donors (Lipinski definition) is 1. The van der Waals surface area contributed by atoms with Gasteiger partial charge in [-0.3, -0.25) is 5.43 Å². The Morgan fingerprint density at radius 1 is 1.12 bits per heavy atom. The maximum atomic E-state index is 11.6. The first-order valence-electron chi connectivity index (χ1n) is 10.2. The van der Waals surface area contributed by atoms with Crippen molar-refractivity contribution >= 4 is 32.9 Å². The molecule has 4 aromatic rings. The van der Waals surface area contributed by atoms with E-state index in [0.717, 1.165) is 28.1 Å². The van der Waals surface area contributed by atoms with Gasteiger partial charge in [0.25, 0.3) is 0 Å². The van der Waals surface area contributed by atoms with Crippen molar-refractivity contribution in [3.63, 3.8) is 0 Å². The van der Waals surface area contributed by atoms with Crippen molar-refractivity contribution in [2.75, 3.05) is 18.8 Å². The minimum Gasteiger partial charge on any atom is -0.497 e. The number of aromatic nitrogens is 4. The minimum absolute atomic E-state index is 0.124. The maximum absolute atomic E-state index is 11.6. The van der Waals surface area contributed by atoms with Crippen molar-refractivity contribution < 1.29 is 13.2 Å². The summed E-state index contributed by atoms with van der Waals surface area (Å²) in [5.74, 6) is 1.38. The molecule has 2 aromatic heterocycles. The van der Waals surface area contributed by atoms with Gasteiger partial charge in [-0.2, -0.15) is 10.2 Å². The van der Waals surface area contributed by atoms with Crippen LogP contribution < -0.4 is 10.2 Å². The molecule has 0 saturated carbocycles. The van der Waals surface area contributed by atoms with E-state index in [0.29, 0.717) is 11.5 Å². The Morgan fingerprint density at radius 2 is 1.88 bits per heavy atom. The van der Waals surface area contributed by atoms with Gasteiger partial charge in [0.2, 0.25) is 0 Å². The second-order valence-corrected chi connectivity index (χ2v) is 9.80. The van der Waals surface area contributed by atoms with Gasteiger partial charge < -0.3 is 4.74 Å². The van der Waals surface area contributed by atoms with Gasteiger partial charge >= 0.3 is 0 Å². The third-order valence-electron chi connectivity index (χ3n) is 5.03. The molecule has 0 fully saturated rings. The highest BCUT2D eigenvalue weighted by molar-refractivity contribution is 7.90. The van der Waals surface area contributed by atoms with Crippen molar-refractivity contribution in [2.24, 2.45) is 5.10 Å². The fraction of sp³-hybridized carbons (Fsp3) is 0.217. The SMILES string of the molecule is COc1cccc(-n2nc(C(C)C)c3c(NN=Cc4ccc(S(C)(=O)=O)cc4)ncnc32)c1. The van der Waals surface area contributed by atoms with E-state index >= 15 is 0 Å². The lowest BCUT2D eigenvalue weighted by molar-refractivity contribution is 0.414. The third kappa shape index (κ3) is 4.70. The highest BCUT2D eigenvalue weighted by Gasteiger charge is 2.20. The predicted molar refractivity (Wildman–Crippen MR) is 128 cm³/mol. The number of benzene rings is 2. The molecule has 0 saturated heterocycles. The monoisotopic (exact) mass is 464 g/mol. The van der Waals surface area contributed by atoms with E-state index in [-0.39, 0.29) is 10.8 Å². The molecule has 9 nitrogen and oxygen atoms in total. The number of methoxy groups -OCH3 is 1. The van der Waals surface area contributed by atoms with Crippen LogP contribution in [-0.2, 0) is 9.84 Å². The Labute approximate surface area is 192 Å². The summed E-state index contributed by atoms with van der Waals surface area (Å²) < 4.78 is 30.4. The second-order valence-electron chi connectivity index (χ2n) is 7.79. The van der Waals surface area contributed by atoms with E-state index in [1.165, 1.54) is 12.6 Å². The summed E-state index contributed by atoms with van der Waals surface area (Å²) in [4.78, 5) is 9.11. The molecule has 4 rings (SSSR count). The third-order valence-corrected chi connectivity index (χ3v) is 6.16. The first-order chi connectivity index (χ1) is 15.8. The van der Waals surface area contributed by atoms with Crippen LogP contribution in [0, 0.1) is 0 Å². The Bertz CT molecular complexity index is 1430. The van der Waals surface area contributed by atoms with E-state index in [2.05, 4.69) is 34.3 Å². The molecule has 1 N–H and O–H groups in total. The van der Waals surface area contributed by atoms with Gasteiger partial charge in [-0.25, -0.2) is 23.1 Å². The predicted octanol–water partition coefficient (Wildman–Crippen LogP) is 3.80. The molecule has 170 valence electrons. The molecule has 0 radical (unpaired) electrons. The summed E-state index contributed by atoms with van der Waals surface area (Å²) in [7, 11) is -1.62. The van der Waals surface area contributed by atoms with Crippen LogP contribution in [-0.4, -0.2) is 47.7 Å². The summed E-state index contributed by atoms with van der Waals surface area (Å²) in [6, 6.07) is 14.1. The van der Waals surface area contributed by atoms with Crippen molar-refractivity contribution in [1.29, 1.82) is 0 Å². The van der Waals surface area contributed by atoms with Gasteiger partial charge in [0.15, 0.2) is 21.3 Å². The van der Waals surface area contributed by atoms with Gasteiger partial charge in [-0.05, 0) is 35.7 Å². The number of sulfone groups is 1. The Kier molecular flexibility index (Phi) is 6.10. The van der Waals surface area contributed by atoms with Crippen LogP contribution in [0.2, 0.25) is 0 Å². The summed E-state index contributed by atoms with van der Waals surface area (Å²) >= 11 is 0. The standard InChI is InChI=1S/C23H24N6O3S/c1-15(2)21-20-22(27-26-13-16-8-10-19(11-9-16)33(4,30)31)24-14-25-23(20)29(28-21)17-6-5-7-18(12-17)32-3/h5-15H,1-4H3,(H,24,25,27). The van der Waals surface area contributed by atoms with Crippen molar-refractivity contribution in [3.8, 4) is 11.4 Å². The first kappa shape index (κ1) is 22.4. The lowest BCUT2D eigenvalue weighted by atomic mass is 10.1. The Morgan fingerprint density at radius 3 is 2.55 bits per heavy atom. The molecule has 10 heteroatoms. The summed E-state index contributed by atoms with van der Waals surface area (Å²) in [5.41, 5.74) is 6.04. The number of ether oxygens (including phenoxy) is 1. The first-order valence-corrected chi connectivity index (χ1v) is 12.1. The van der Waals surface area contributed by atoms with Crippen LogP contribution in [0.25, 0.3) is 16.7 Å². The number of hydrogen-bond acceptors (Lipinski definition) is 8. The fourth-order valence-corrected chi connectivity index (χ4v) is 3.99. The molecule has 0 aliphatic heterocycles. The van der Waals surface area contributed by atoms with Crippen LogP contribution in [0.3, 0.4) is 0 Å². The van der Waals surface area contributed by atoms with E-state index in [9.17, 15) is 8.42 Å². The smallest absolute Gasteiger partial charge is 0.175 e. The summed E-state index contributed by atoms with van der Waals surface area (Å²) in [6.45, 7) is 4.11. The zero-order valence-corrected chi connectivity index (χ0v) is 19.5. The number of rotatable bonds is 7. The van der Waals surface area contributed by atoms with E-state index in [1.807, 2.05) is 24.3 Å². The van der Waals surface area contributed by atoms with E-state index in [4.69, 9.17) is 9.84 Å². The van der Waals surface area contributed by atoms with Crippen LogP contribution in [0.4, 0.5) is 5.82 Å². The summed E-state index contributed by atoms with van der Waals surface area (Å²) in [6.07, 6.45) is 4.24. The number of nitrogens with zero attached hydrogens (tertiary/aromatic N) is 5. The Hall–Kier alpha value is -3.79. The second kappa shape index (κ2) is 8.99. The normalized spacial score (nSPS) is 12.0. The zero-order valence-electron chi connectivity index (χ0n) is 18.7. The maximum Gasteiger partial charge on any atom is 0.175 e. The number of anilines is 1. The highest BCUT2D eigenvalue weighted by atomic mass is 32.2. The molecule has 0 atom stereocenters. The molecule has 33 heavy (non-hydrogen) atoms. The van der Waals surface area contributed by atoms with Crippen molar-refractivity contribution in [2.45, 2.75) is 24.7 Å². The minimum atomic E-state index is -3.24. The van der Waals surface area contributed by atoms with Crippen LogP contribution in [0.5, 0.6) is 5.75 Å². The lowest BCUT2D eigenvalue weighted by Crippen LogP contribution is -2.00. The molecule has 0 aliphatic rings. The van der Waals surface area contributed by atoms with E-state index < -0.39 is 9.84 Å². The molecule has 2 heterocycles. The molecule has 0 bridgehead atoms. The van der Waals surface area contributed by atoms with Crippen molar-refractivity contribution in [1.82, 2.24) is 19.7 Å². The molecular weight excluding hydrogens is 440 g/mol. The molecule has 2 aromatic carbocycles. The van der Waals surface area contributed by atoms with Crippen LogP contribution in [0.1, 0.15) is 31.0 Å². The average Bonchev–Trinajstić information content (AvgIpc) is 3.20. The molecule has 0 unspecified atom stereocenters. The molecular formula is C23H24N6O3S. The number of fused-ring (bicyclic) bond motifs is 1. The quantitative estimate of drug-likeness (QED) is 0.327. The topological polar surface area (TPSA) is 111 Å². The molecule has 0 amide bonds. The summed E-state index contributed by atoms with van der Waals surface area (Å²) in [5, 5.41) is 9.87. The van der Waals surface area contributed by atoms with Gasteiger partial charge in [-0.1, -0.05) is 32.0 Å². The molecule has 0 spiro atoms. The van der Waals surface area contributed by atoms with Crippen LogP contribution >= 0.6 is 0 Å².